The van der Waals surface area contributed by atoms with Crippen LogP contribution in [0.5, 0.6) is 0 Å². The minimum atomic E-state index is 0.169. The Hall–Kier alpha value is -0.570. The van der Waals surface area contributed by atoms with E-state index in [9.17, 15) is 4.79 Å². The van der Waals surface area contributed by atoms with Gasteiger partial charge in [0.15, 0.2) is 0 Å². The number of carbonyl (C=O) groups excluding carboxylic acids is 1. The van der Waals surface area contributed by atoms with E-state index in [0.29, 0.717) is 17.9 Å². The summed E-state index contributed by atoms with van der Waals surface area (Å²) in [5.41, 5.74) is 0.408. The van der Waals surface area contributed by atoms with Crippen LogP contribution in [0.1, 0.15) is 51.4 Å². The zero-order chi connectivity index (χ0) is 11.5. The molecule has 2 bridgehead atoms. The number of hydrogen-bond acceptors (Lipinski definition) is 2. The lowest BCUT2D eigenvalue weighted by Gasteiger charge is -2.48. The standard InChI is InChI=1S/C14H21NO2/c16-9-15-12-10-4-3-5-11(12)14-7-2-1-6-13(14,8-10)17-14/h9-12H,1-8H2,(H,15,16)/t10-,11-,12-,13+,14+/m0/s1. The smallest absolute Gasteiger partial charge is 0.207 e. The van der Waals surface area contributed by atoms with Crippen LogP contribution in [0.4, 0.5) is 0 Å². The van der Waals surface area contributed by atoms with Crippen LogP contribution in [0.3, 0.4) is 0 Å². The Kier molecular flexibility index (Phi) is 1.98. The van der Waals surface area contributed by atoms with Crippen molar-refractivity contribution in [1.29, 1.82) is 0 Å². The van der Waals surface area contributed by atoms with E-state index >= 15 is 0 Å². The summed E-state index contributed by atoms with van der Waals surface area (Å²) in [6.45, 7) is 0. The third-order valence-corrected chi connectivity index (χ3v) is 5.97. The van der Waals surface area contributed by atoms with Gasteiger partial charge in [0.1, 0.15) is 5.60 Å². The molecule has 0 aromatic rings. The summed E-state index contributed by atoms with van der Waals surface area (Å²) < 4.78 is 6.35. The van der Waals surface area contributed by atoms with Gasteiger partial charge in [-0.1, -0.05) is 19.3 Å². The second-order valence-electron chi connectivity index (χ2n) is 6.50. The number of nitrogens with one attached hydrogen (secondary N) is 1. The maximum Gasteiger partial charge on any atom is 0.207 e. The third-order valence-electron chi connectivity index (χ3n) is 5.97. The van der Waals surface area contributed by atoms with E-state index in [0.717, 1.165) is 6.41 Å². The SMILES string of the molecule is O=CN[C@H]1[C@H]2CCC[C@@H]1[C@]13CCCC[C@]1(C2)O3. The largest absolute Gasteiger partial charge is 0.362 e. The maximum absolute atomic E-state index is 10.8. The molecule has 0 radical (unpaired) electrons. The summed E-state index contributed by atoms with van der Waals surface area (Å²) in [6, 6.07) is 0.398. The summed E-state index contributed by atoms with van der Waals surface area (Å²) in [7, 11) is 0. The van der Waals surface area contributed by atoms with Gasteiger partial charge in [-0.15, -0.1) is 0 Å². The molecule has 3 aliphatic carbocycles. The first kappa shape index (κ1) is 10.4. The molecule has 1 amide bonds. The fraction of sp³-hybridized carbons (Fsp3) is 0.929. The highest BCUT2D eigenvalue weighted by Gasteiger charge is 2.77. The van der Waals surface area contributed by atoms with Crippen LogP contribution in [0.15, 0.2) is 0 Å². The molecule has 0 aromatic carbocycles. The first-order valence-corrected chi connectivity index (χ1v) is 7.21. The third kappa shape index (κ3) is 1.14. The molecule has 5 atom stereocenters. The highest BCUT2D eigenvalue weighted by Crippen LogP contribution is 2.70. The van der Waals surface area contributed by atoms with Crippen molar-refractivity contribution in [2.24, 2.45) is 11.8 Å². The van der Waals surface area contributed by atoms with Gasteiger partial charge in [0.2, 0.25) is 6.41 Å². The van der Waals surface area contributed by atoms with Crippen LogP contribution in [-0.4, -0.2) is 23.7 Å². The predicted octanol–water partition coefficient (Wildman–Crippen LogP) is 2.00. The number of rotatable bonds is 2. The van der Waals surface area contributed by atoms with Crippen LogP contribution in [0.25, 0.3) is 0 Å². The van der Waals surface area contributed by atoms with Crippen molar-refractivity contribution in [3.8, 4) is 0 Å². The quantitative estimate of drug-likeness (QED) is 0.587. The van der Waals surface area contributed by atoms with E-state index in [1.54, 1.807) is 0 Å². The first-order valence-electron chi connectivity index (χ1n) is 7.21. The lowest BCUT2D eigenvalue weighted by molar-refractivity contribution is -0.111. The highest BCUT2D eigenvalue weighted by atomic mass is 16.6. The van der Waals surface area contributed by atoms with Crippen molar-refractivity contribution in [2.45, 2.75) is 68.6 Å². The van der Waals surface area contributed by atoms with Gasteiger partial charge in [0, 0.05) is 12.0 Å². The van der Waals surface area contributed by atoms with Gasteiger partial charge in [0.05, 0.1) is 5.60 Å². The molecule has 3 saturated carbocycles. The molecule has 4 rings (SSSR count). The fourth-order valence-corrected chi connectivity index (χ4v) is 5.37. The van der Waals surface area contributed by atoms with E-state index in [4.69, 9.17) is 4.74 Å². The van der Waals surface area contributed by atoms with Crippen molar-refractivity contribution < 1.29 is 9.53 Å². The van der Waals surface area contributed by atoms with Crippen LogP contribution in [-0.2, 0) is 9.53 Å². The van der Waals surface area contributed by atoms with Crippen molar-refractivity contribution in [1.82, 2.24) is 5.32 Å². The molecular formula is C14H21NO2. The first-order chi connectivity index (χ1) is 8.31. The van der Waals surface area contributed by atoms with E-state index < -0.39 is 0 Å². The molecule has 1 N–H and O–H groups in total. The van der Waals surface area contributed by atoms with Gasteiger partial charge in [-0.2, -0.15) is 0 Å². The summed E-state index contributed by atoms with van der Waals surface area (Å²) in [6.07, 6.45) is 11.1. The van der Waals surface area contributed by atoms with Gasteiger partial charge in [-0.25, -0.2) is 0 Å². The highest BCUT2D eigenvalue weighted by molar-refractivity contribution is 5.48. The van der Waals surface area contributed by atoms with Crippen LogP contribution in [0, 0.1) is 11.8 Å². The normalized spacial score (nSPS) is 55.4. The lowest BCUT2D eigenvalue weighted by Crippen LogP contribution is -2.57. The molecule has 4 fully saturated rings. The molecule has 0 spiro atoms. The minimum Gasteiger partial charge on any atom is -0.362 e. The topological polar surface area (TPSA) is 41.6 Å². The van der Waals surface area contributed by atoms with E-state index in [1.165, 1.54) is 51.4 Å². The number of hydrogen-bond donors (Lipinski definition) is 1. The number of fused-ring (bicyclic) bond motifs is 2. The molecule has 3 nitrogen and oxygen atoms in total. The summed E-state index contributed by atoms with van der Waals surface area (Å²) in [4.78, 5) is 10.8. The lowest BCUT2D eigenvalue weighted by atomic mass is 9.56. The Morgan fingerprint density at radius 2 is 2.06 bits per heavy atom. The second kappa shape index (κ2) is 3.25. The minimum absolute atomic E-state index is 0.169. The van der Waals surface area contributed by atoms with Gasteiger partial charge < -0.3 is 10.1 Å². The zero-order valence-electron chi connectivity index (χ0n) is 10.3. The molecule has 4 aliphatic rings. The number of amides is 1. The number of carbonyl (C=O) groups is 1. The summed E-state index contributed by atoms with van der Waals surface area (Å²) in [5, 5.41) is 3.11. The molecule has 1 heterocycles. The fourth-order valence-electron chi connectivity index (χ4n) is 5.37. The average molecular weight is 235 g/mol. The summed E-state index contributed by atoms with van der Waals surface area (Å²) >= 11 is 0. The van der Waals surface area contributed by atoms with E-state index in [1.807, 2.05) is 0 Å². The van der Waals surface area contributed by atoms with Crippen molar-refractivity contribution >= 4 is 6.41 Å². The van der Waals surface area contributed by atoms with Crippen LogP contribution < -0.4 is 5.32 Å². The Bertz CT molecular complexity index is 358. The molecule has 94 valence electrons. The molecule has 0 aromatic heterocycles. The van der Waals surface area contributed by atoms with E-state index in [-0.39, 0.29) is 11.2 Å². The Labute approximate surface area is 102 Å². The Morgan fingerprint density at radius 1 is 1.18 bits per heavy atom. The molecule has 17 heavy (non-hydrogen) atoms. The molecule has 3 heteroatoms. The van der Waals surface area contributed by atoms with E-state index in [2.05, 4.69) is 5.32 Å². The van der Waals surface area contributed by atoms with Crippen LogP contribution >= 0.6 is 0 Å². The molecule has 1 saturated heterocycles. The Morgan fingerprint density at radius 3 is 2.94 bits per heavy atom. The van der Waals surface area contributed by atoms with Crippen molar-refractivity contribution in [3.05, 3.63) is 0 Å². The predicted molar refractivity (Wildman–Crippen MR) is 63.5 cm³/mol. The van der Waals surface area contributed by atoms with Gasteiger partial charge in [0.25, 0.3) is 0 Å². The Balaban J connectivity index is 1.69. The molecule has 0 unspecified atom stereocenters. The van der Waals surface area contributed by atoms with Gasteiger partial charge in [-0.05, 0) is 38.0 Å². The molecule has 1 aliphatic heterocycles. The second-order valence-corrected chi connectivity index (χ2v) is 6.50. The zero-order valence-corrected chi connectivity index (χ0v) is 10.3. The maximum atomic E-state index is 10.8. The average Bonchev–Trinajstić information content (AvgIpc) is 3.00. The van der Waals surface area contributed by atoms with Gasteiger partial charge in [-0.3, -0.25) is 4.79 Å². The number of ether oxygens (including phenoxy) is 1. The summed E-state index contributed by atoms with van der Waals surface area (Å²) in [5.74, 6) is 1.27. The molecular weight excluding hydrogens is 214 g/mol. The van der Waals surface area contributed by atoms with Gasteiger partial charge >= 0.3 is 0 Å². The van der Waals surface area contributed by atoms with Crippen molar-refractivity contribution in [2.75, 3.05) is 0 Å². The monoisotopic (exact) mass is 235 g/mol. The number of epoxide rings is 1. The van der Waals surface area contributed by atoms with Crippen molar-refractivity contribution in [3.63, 3.8) is 0 Å². The van der Waals surface area contributed by atoms with Crippen LogP contribution in [0.2, 0.25) is 0 Å².